The summed E-state index contributed by atoms with van der Waals surface area (Å²) in [6, 6.07) is 53.0. The SMILES string of the molecule is ClC1=CC=C2c3ccccc3N(c3ccccc3)C2C1[Si](c1ccccc1)(c1ccccc1)c1ccccc1. The Labute approximate surface area is 236 Å². The summed E-state index contributed by atoms with van der Waals surface area (Å²) in [6.07, 6.45) is 4.42. The number of para-hydroxylation sites is 2. The van der Waals surface area contributed by atoms with Gasteiger partial charge in [-0.15, -0.1) is 0 Å². The van der Waals surface area contributed by atoms with Crippen LogP contribution in [0.5, 0.6) is 0 Å². The molecule has 0 N–H and O–H groups in total. The minimum Gasteiger partial charge on any atom is -0.333 e. The first kappa shape index (κ1) is 24.0. The van der Waals surface area contributed by atoms with Crippen LogP contribution < -0.4 is 20.5 Å². The molecule has 0 aromatic heterocycles. The number of fused-ring (bicyclic) bond motifs is 3. The van der Waals surface area contributed by atoms with Gasteiger partial charge in [0, 0.05) is 27.5 Å². The first-order chi connectivity index (χ1) is 19.3. The molecular formula is C36H28ClNSi. The number of halogens is 1. The van der Waals surface area contributed by atoms with Crippen molar-refractivity contribution < 1.29 is 0 Å². The Morgan fingerprint density at radius 3 is 1.51 bits per heavy atom. The van der Waals surface area contributed by atoms with Gasteiger partial charge in [0.05, 0.1) is 6.04 Å². The first-order valence-electron chi connectivity index (χ1n) is 13.5. The Hall–Kier alpha value is -4.11. The molecule has 1 heterocycles. The molecule has 5 aromatic rings. The topological polar surface area (TPSA) is 3.24 Å². The molecular weight excluding hydrogens is 510 g/mol. The Balaban J connectivity index is 1.58. The van der Waals surface area contributed by atoms with Gasteiger partial charge < -0.3 is 4.90 Å². The van der Waals surface area contributed by atoms with Crippen LogP contribution in [0.1, 0.15) is 5.56 Å². The maximum Gasteiger partial charge on any atom is 0.158 e. The number of hydrogen-bond acceptors (Lipinski definition) is 1. The summed E-state index contributed by atoms with van der Waals surface area (Å²) in [5.74, 6) is 0. The molecule has 39 heavy (non-hydrogen) atoms. The van der Waals surface area contributed by atoms with Gasteiger partial charge in [0.2, 0.25) is 0 Å². The standard InChI is InChI=1S/C36H28ClNSi/c37-33-26-25-32-31-23-13-14-24-34(31)38(27-15-5-1-6-16-27)35(32)36(33)39(28-17-7-2-8-18-28,29-19-9-3-10-20-29)30-21-11-4-12-22-30/h1-26,35-36H. The highest BCUT2D eigenvalue weighted by Gasteiger charge is 2.56. The summed E-state index contributed by atoms with van der Waals surface area (Å²) in [5.41, 5.74) is 5.09. The Morgan fingerprint density at radius 2 is 0.974 bits per heavy atom. The smallest absolute Gasteiger partial charge is 0.158 e. The minimum absolute atomic E-state index is 0.0407. The fraction of sp³-hybridized carbons (Fsp3) is 0.0556. The lowest BCUT2D eigenvalue weighted by molar-refractivity contribution is 0.802. The zero-order chi connectivity index (χ0) is 26.2. The number of anilines is 2. The molecule has 0 saturated heterocycles. The van der Waals surface area contributed by atoms with Gasteiger partial charge >= 0.3 is 0 Å². The predicted molar refractivity (Wildman–Crippen MR) is 168 cm³/mol. The Kier molecular flexibility index (Phi) is 6.07. The summed E-state index contributed by atoms with van der Waals surface area (Å²) >= 11 is 7.50. The van der Waals surface area contributed by atoms with Gasteiger partial charge in [-0.05, 0) is 45.4 Å². The lowest BCUT2D eigenvalue weighted by atomic mass is 9.95. The minimum atomic E-state index is -2.77. The molecule has 0 amide bonds. The van der Waals surface area contributed by atoms with E-state index in [0.717, 1.165) is 5.03 Å². The van der Waals surface area contributed by atoms with Gasteiger partial charge in [-0.2, -0.15) is 0 Å². The van der Waals surface area contributed by atoms with Crippen molar-refractivity contribution in [2.75, 3.05) is 4.90 Å². The van der Waals surface area contributed by atoms with Crippen molar-refractivity contribution in [1.29, 1.82) is 0 Å². The lowest BCUT2D eigenvalue weighted by Gasteiger charge is -2.47. The maximum absolute atomic E-state index is 7.50. The summed E-state index contributed by atoms with van der Waals surface area (Å²) in [4.78, 5) is 2.54. The van der Waals surface area contributed by atoms with Crippen LogP contribution in [0.4, 0.5) is 11.4 Å². The first-order valence-corrected chi connectivity index (χ1v) is 15.9. The van der Waals surface area contributed by atoms with Crippen molar-refractivity contribution in [2.45, 2.75) is 11.6 Å². The number of benzene rings is 5. The third kappa shape index (κ3) is 3.75. The molecule has 2 aliphatic rings. The molecule has 0 fully saturated rings. The third-order valence-corrected chi connectivity index (χ3v) is 14.1. The molecule has 7 rings (SSSR count). The van der Waals surface area contributed by atoms with Crippen molar-refractivity contribution in [2.24, 2.45) is 0 Å². The fourth-order valence-corrected chi connectivity index (χ4v) is 13.0. The fourth-order valence-electron chi connectivity index (χ4n) is 6.79. The van der Waals surface area contributed by atoms with Gasteiger partial charge in [0.15, 0.2) is 8.07 Å². The van der Waals surface area contributed by atoms with Crippen molar-refractivity contribution in [1.82, 2.24) is 0 Å². The number of rotatable bonds is 5. The summed E-state index contributed by atoms with van der Waals surface area (Å²) < 4.78 is 0. The van der Waals surface area contributed by atoms with Crippen molar-refractivity contribution in [3.63, 3.8) is 0 Å². The van der Waals surface area contributed by atoms with Crippen LogP contribution in [-0.4, -0.2) is 14.1 Å². The normalized spacial score (nSPS) is 18.1. The predicted octanol–water partition coefficient (Wildman–Crippen LogP) is 7.27. The molecule has 1 aliphatic carbocycles. The van der Waals surface area contributed by atoms with E-state index in [1.807, 2.05) is 0 Å². The molecule has 2 unspecified atom stereocenters. The molecule has 188 valence electrons. The molecule has 2 atom stereocenters. The van der Waals surface area contributed by atoms with E-state index in [1.165, 1.54) is 38.1 Å². The van der Waals surface area contributed by atoms with E-state index < -0.39 is 8.07 Å². The summed E-state index contributed by atoms with van der Waals surface area (Å²) in [5, 5.41) is 5.01. The average Bonchev–Trinajstić information content (AvgIpc) is 3.35. The maximum atomic E-state index is 7.50. The van der Waals surface area contributed by atoms with Crippen LogP contribution in [0, 0.1) is 0 Å². The number of allylic oxidation sites excluding steroid dienone is 2. The second kappa shape index (κ2) is 9.89. The second-order valence-corrected chi connectivity index (χ2v) is 14.6. The van der Waals surface area contributed by atoms with Crippen LogP contribution in [0.25, 0.3) is 5.57 Å². The number of hydrogen-bond donors (Lipinski definition) is 0. The second-order valence-electron chi connectivity index (χ2n) is 10.2. The van der Waals surface area contributed by atoms with E-state index in [-0.39, 0.29) is 11.6 Å². The van der Waals surface area contributed by atoms with E-state index in [9.17, 15) is 0 Å². The highest BCUT2D eigenvalue weighted by Crippen LogP contribution is 2.55. The van der Waals surface area contributed by atoms with E-state index in [0.29, 0.717) is 0 Å². The Morgan fingerprint density at radius 1 is 0.513 bits per heavy atom. The quantitative estimate of drug-likeness (QED) is 0.168. The van der Waals surface area contributed by atoms with Gasteiger partial charge in [-0.3, -0.25) is 0 Å². The van der Waals surface area contributed by atoms with Crippen LogP contribution in [0.15, 0.2) is 163 Å². The highest BCUT2D eigenvalue weighted by molar-refractivity contribution is 7.13. The van der Waals surface area contributed by atoms with E-state index in [4.69, 9.17) is 11.6 Å². The zero-order valence-corrected chi connectivity index (χ0v) is 23.2. The number of nitrogens with zero attached hydrogens (tertiary/aromatic N) is 1. The van der Waals surface area contributed by atoms with Crippen molar-refractivity contribution in [3.05, 3.63) is 168 Å². The molecule has 0 bridgehead atoms. The van der Waals surface area contributed by atoms with Gasteiger partial charge in [0.1, 0.15) is 0 Å². The molecule has 3 heteroatoms. The zero-order valence-electron chi connectivity index (χ0n) is 21.5. The van der Waals surface area contributed by atoms with E-state index in [1.54, 1.807) is 0 Å². The molecule has 1 aliphatic heterocycles. The van der Waals surface area contributed by atoms with Crippen LogP contribution in [-0.2, 0) is 0 Å². The van der Waals surface area contributed by atoms with Crippen molar-refractivity contribution >= 4 is 52.2 Å². The average molecular weight is 538 g/mol. The Bertz CT molecular complexity index is 1570. The largest absolute Gasteiger partial charge is 0.333 e. The van der Waals surface area contributed by atoms with Gasteiger partial charge in [-0.25, -0.2) is 0 Å². The third-order valence-electron chi connectivity index (χ3n) is 8.29. The van der Waals surface area contributed by atoms with Crippen LogP contribution >= 0.6 is 11.6 Å². The van der Waals surface area contributed by atoms with Crippen LogP contribution in [0.3, 0.4) is 0 Å². The monoisotopic (exact) mass is 537 g/mol. The van der Waals surface area contributed by atoms with Crippen LogP contribution in [0.2, 0.25) is 5.54 Å². The summed E-state index contributed by atoms with van der Waals surface area (Å²) in [6.45, 7) is 0. The van der Waals surface area contributed by atoms with E-state index >= 15 is 0 Å². The lowest BCUT2D eigenvalue weighted by Crippen LogP contribution is -2.72. The van der Waals surface area contributed by atoms with Gasteiger partial charge in [-0.1, -0.05) is 145 Å². The molecule has 0 radical (unpaired) electrons. The molecule has 0 saturated carbocycles. The van der Waals surface area contributed by atoms with E-state index in [2.05, 4.69) is 163 Å². The molecule has 1 nitrogen and oxygen atoms in total. The van der Waals surface area contributed by atoms with Gasteiger partial charge in [0.25, 0.3) is 0 Å². The molecule has 0 spiro atoms. The highest BCUT2D eigenvalue weighted by atomic mass is 35.5. The molecule has 5 aromatic carbocycles. The summed E-state index contributed by atoms with van der Waals surface area (Å²) in [7, 11) is -2.77. The van der Waals surface area contributed by atoms with Crippen molar-refractivity contribution in [3.8, 4) is 0 Å².